The SMILES string of the molecule is O=C(O)CC1CCC2(CO1)CN(C(=O)OCC1c3ccccc3-c3ccccc31)C2. The number of carbonyl (C=O) groups is 2. The van der Waals surface area contributed by atoms with E-state index in [1.54, 1.807) is 4.90 Å². The summed E-state index contributed by atoms with van der Waals surface area (Å²) in [6.45, 7) is 2.07. The molecular formula is C24H25NO5. The van der Waals surface area contributed by atoms with Crippen LogP contribution in [0.15, 0.2) is 48.5 Å². The monoisotopic (exact) mass is 407 g/mol. The standard InChI is InChI=1S/C24H25NO5/c26-22(27)11-16-9-10-24(15-30-16)13-25(14-24)23(28)29-12-21-19-7-3-1-5-17(19)18-6-2-4-8-20(18)21/h1-8,16,21H,9-15H2,(H,26,27). The molecule has 1 atom stereocenters. The Kier molecular flexibility index (Phi) is 4.74. The molecule has 156 valence electrons. The molecule has 1 amide bonds. The lowest BCUT2D eigenvalue weighted by Crippen LogP contribution is -2.62. The minimum absolute atomic E-state index is 0.0411. The van der Waals surface area contributed by atoms with Crippen molar-refractivity contribution in [1.29, 1.82) is 0 Å². The molecule has 30 heavy (non-hydrogen) atoms. The van der Waals surface area contributed by atoms with E-state index >= 15 is 0 Å². The maximum absolute atomic E-state index is 12.6. The molecule has 6 heteroatoms. The van der Waals surface area contributed by atoms with E-state index in [4.69, 9.17) is 14.6 Å². The van der Waals surface area contributed by atoms with E-state index in [1.807, 2.05) is 24.3 Å². The summed E-state index contributed by atoms with van der Waals surface area (Å²) >= 11 is 0. The number of carboxylic acid groups (broad SMARTS) is 1. The summed E-state index contributed by atoms with van der Waals surface area (Å²) in [5.41, 5.74) is 4.80. The smallest absolute Gasteiger partial charge is 0.409 e. The summed E-state index contributed by atoms with van der Waals surface area (Å²) in [7, 11) is 0. The first kappa shape index (κ1) is 19.1. The molecule has 0 bridgehead atoms. The first-order valence-electron chi connectivity index (χ1n) is 10.5. The van der Waals surface area contributed by atoms with Gasteiger partial charge in [-0.05, 0) is 35.1 Å². The summed E-state index contributed by atoms with van der Waals surface area (Å²) in [6, 6.07) is 16.6. The molecule has 0 aromatic heterocycles. The largest absolute Gasteiger partial charge is 0.481 e. The van der Waals surface area contributed by atoms with Crippen LogP contribution in [0.25, 0.3) is 11.1 Å². The van der Waals surface area contributed by atoms with Crippen LogP contribution in [0.5, 0.6) is 0 Å². The minimum atomic E-state index is -0.829. The van der Waals surface area contributed by atoms with Crippen molar-refractivity contribution in [3.05, 3.63) is 59.7 Å². The molecule has 6 nitrogen and oxygen atoms in total. The van der Waals surface area contributed by atoms with Crippen molar-refractivity contribution in [2.75, 3.05) is 26.3 Å². The van der Waals surface area contributed by atoms with Gasteiger partial charge in [0.1, 0.15) is 6.61 Å². The molecule has 1 aliphatic carbocycles. The van der Waals surface area contributed by atoms with Gasteiger partial charge in [0.2, 0.25) is 0 Å². The van der Waals surface area contributed by atoms with E-state index in [1.165, 1.54) is 22.3 Å². The second-order valence-corrected chi connectivity index (χ2v) is 8.73. The van der Waals surface area contributed by atoms with Gasteiger partial charge in [-0.3, -0.25) is 4.79 Å². The van der Waals surface area contributed by atoms with Crippen LogP contribution in [0.3, 0.4) is 0 Å². The molecule has 1 spiro atoms. The molecular weight excluding hydrogens is 382 g/mol. The number of benzene rings is 2. The molecule has 2 fully saturated rings. The Morgan fingerprint density at radius 2 is 1.70 bits per heavy atom. The number of nitrogens with zero attached hydrogens (tertiary/aromatic N) is 1. The Morgan fingerprint density at radius 3 is 2.27 bits per heavy atom. The number of carbonyl (C=O) groups excluding carboxylic acids is 1. The van der Waals surface area contributed by atoms with Crippen LogP contribution < -0.4 is 0 Å². The number of hydrogen-bond acceptors (Lipinski definition) is 4. The number of rotatable bonds is 4. The van der Waals surface area contributed by atoms with Crippen LogP contribution in [-0.2, 0) is 14.3 Å². The van der Waals surface area contributed by atoms with Crippen LogP contribution in [0.1, 0.15) is 36.3 Å². The topological polar surface area (TPSA) is 76.1 Å². The Balaban J connectivity index is 1.17. The third kappa shape index (κ3) is 3.35. The van der Waals surface area contributed by atoms with Crippen molar-refractivity contribution >= 4 is 12.1 Å². The molecule has 2 heterocycles. The first-order valence-corrected chi connectivity index (χ1v) is 10.5. The zero-order valence-electron chi connectivity index (χ0n) is 16.8. The number of fused-ring (bicyclic) bond motifs is 3. The molecule has 5 rings (SSSR count). The molecule has 0 radical (unpaired) electrons. The fraction of sp³-hybridized carbons (Fsp3) is 0.417. The third-order valence-electron chi connectivity index (χ3n) is 6.67. The average Bonchev–Trinajstić information content (AvgIpc) is 3.04. The van der Waals surface area contributed by atoms with Gasteiger partial charge in [-0.15, -0.1) is 0 Å². The lowest BCUT2D eigenvalue weighted by Gasteiger charge is -2.52. The van der Waals surface area contributed by atoms with Crippen LogP contribution >= 0.6 is 0 Å². The van der Waals surface area contributed by atoms with E-state index in [-0.39, 0.29) is 30.0 Å². The molecule has 1 N–H and O–H groups in total. The van der Waals surface area contributed by atoms with Gasteiger partial charge in [0.25, 0.3) is 0 Å². The Hall–Kier alpha value is -2.86. The van der Waals surface area contributed by atoms with Crippen molar-refractivity contribution in [2.45, 2.75) is 31.3 Å². The van der Waals surface area contributed by atoms with Gasteiger partial charge < -0.3 is 19.5 Å². The lowest BCUT2D eigenvalue weighted by atomic mass is 9.74. The molecule has 3 aliphatic rings. The van der Waals surface area contributed by atoms with Crippen LogP contribution in [0.2, 0.25) is 0 Å². The van der Waals surface area contributed by atoms with E-state index < -0.39 is 5.97 Å². The molecule has 1 unspecified atom stereocenters. The quantitative estimate of drug-likeness (QED) is 0.832. The number of ether oxygens (including phenoxy) is 2. The highest BCUT2D eigenvalue weighted by Gasteiger charge is 2.48. The second-order valence-electron chi connectivity index (χ2n) is 8.73. The predicted octanol–water partition coefficient (Wildman–Crippen LogP) is 3.89. The van der Waals surface area contributed by atoms with Crippen molar-refractivity contribution in [2.24, 2.45) is 5.41 Å². The molecule has 0 saturated carbocycles. The first-order chi connectivity index (χ1) is 14.5. The maximum Gasteiger partial charge on any atom is 0.409 e. The van der Waals surface area contributed by atoms with Gasteiger partial charge >= 0.3 is 12.1 Å². The minimum Gasteiger partial charge on any atom is -0.481 e. The van der Waals surface area contributed by atoms with Gasteiger partial charge in [-0.1, -0.05) is 48.5 Å². The van der Waals surface area contributed by atoms with Crippen molar-refractivity contribution in [1.82, 2.24) is 4.90 Å². The zero-order valence-corrected chi connectivity index (χ0v) is 16.8. The van der Waals surface area contributed by atoms with Gasteiger partial charge in [-0.2, -0.15) is 0 Å². The van der Waals surface area contributed by atoms with Gasteiger partial charge in [0.05, 0.1) is 19.1 Å². The highest BCUT2D eigenvalue weighted by Crippen LogP contribution is 2.45. The number of likely N-dealkylation sites (tertiary alicyclic amines) is 1. The van der Waals surface area contributed by atoms with E-state index in [0.717, 1.165) is 12.8 Å². The summed E-state index contributed by atoms with van der Waals surface area (Å²) in [5, 5.41) is 8.90. The number of amides is 1. The van der Waals surface area contributed by atoms with E-state index in [2.05, 4.69) is 24.3 Å². The Morgan fingerprint density at radius 1 is 1.07 bits per heavy atom. The molecule has 2 aromatic rings. The summed E-state index contributed by atoms with van der Waals surface area (Å²) in [5.74, 6) is -0.767. The van der Waals surface area contributed by atoms with Crippen LogP contribution in [0, 0.1) is 5.41 Å². The van der Waals surface area contributed by atoms with E-state index in [0.29, 0.717) is 26.3 Å². The summed E-state index contributed by atoms with van der Waals surface area (Å²) in [4.78, 5) is 25.2. The van der Waals surface area contributed by atoms with Gasteiger partial charge in [-0.25, -0.2) is 4.79 Å². The summed E-state index contributed by atoms with van der Waals surface area (Å²) in [6.07, 6.45) is 1.17. The Labute approximate surface area is 175 Å². The lowest BCUT2D eigenvalue weighted by molar-refractivity contribution is -0.150. The van der Waals surface area contributed by atoms with Crippen molar-refractivity contribution in [3.63, 3.8) is 0 Å². The molecule has 2 aliphatic heterocycles. The number of hydrogen-bond donors (Lipinski definition) is 1. The highest BCUT2D eigenvalue weighted by atomic mass is 16.6. The Bertz CT molecular complexity index is 926. The van der Waals surface area contributed by atoms with Crippen molar-refractivity contribution in [3.8, 4) is 11.1 Å². The predicted molar refractivity (Wildman–Crippen MR) is 110 cm³/mol. The number of carboxylic acids is 1. The second kappa shape index (κ2) is 7.43. The fourth-order valence-corrected chi connectivity index (χ4v) is 5.10. The van der Waals surface area contributed by atoms with Gasteiger partial charge in [0.15, 0.2) is 0 Å². The zero-order chi connectivity index (χ0) is 20.7. The fourth-order valence-electron chi connectivity index (χ4n) is 5.10. The van der Waals surface area contributed by atoms with Crippen molar-refractivity contribution < 1.29 is 24.2 Å². The van der Waals surface area contributed by atoms with Crippen LogP contribution in [0.4, 0.5) is 4.79 Å². The maximum atomic E-state index is 12.6. The highest BCUT2D eigenvalue weighted by molar-refractivity contribution is 5.79. The molecule has 2 saturated heterocycles. The number of aliphatic carboxylic acids is 1. The normalized spacial score (nSPS) is 21.6. The van der Waals surface area contributed by atoms with Gasteiger partial charge in [0, 0.05) is 24.4 Å². The summed E-state index contributed by atoms with van der Waals surface area (Å²) < 4.78 is 11.5. The average molecular weight is 407 g/mol. The third-order valence-corrected chi connectivity index (χ3v) is 6.67. The molecule has 2 aromatic carbocycles. The van der Waals surface area contributed by atoms with Crippen LogP contribution in [-0.4, -0.2) is 54.5 Å². The van der Waals surface area contributed by atoms with E-state index in [9.17, 15) is 9.59 Å².